The molecule has 1 unspecified atom stereocenters. The molecule has 0 bridgehead atoms. The fourth-order valence-corrected chi connectivity index (χ4v) is 3.96. The fourth-order valence-electron chi connectivity index (χ4n) is 2.35. The Hall–Kier alpha value is -1.35. The number of amides is 1. The number of anilines is 1. The Morgan fingerprint density at radius 3 is 2.38 bits per heavy atom. The average Bonchev–Trinajstić information content (AvgIpc) is 2.55. The van der Waals surface area contributed by atoms with Crippen molar-refractivity contribution in [2.24, 2.45) is 5.73 Å². The van der Waals surface area contributed by atoms with Crippen LogP contribution in [-0.2, 0) is 14.8 Å². The molecule has 0 heterocycles. The van der Waals surface area contributed by atoms with Crippen LogP contribution in [0.1, 0.15) is 40.5 Å². The summed E-state index contributed by atoms with van der Waals surface area (Å²) in [5, 5.41) is 2.72. The van der Waals surface area contributed by atoms with Crippen LogP contribution in [0.4, 0.5) is 5.69 Å². The van der Waals surface area contributed by atoms with Crippen LogP contribution in [0.2, 0.25) is 0 Å². The first-order valence-corrected chi connectivity index (χ1v) is 10.0. The number of ether oxygens (including phenoxy) is 1. The number of halogens is 1. The van der Waals surface area contributed by atoms with Crippen molar-refractivity contribution >= 4 is 34.0 Å². The van der Waals surface area contributed by atoms with Gasteiger partial charge in [0.1, 0.15) is 10.6 Å². The number of nitrogens with one attached hydrogen (secondary N) is 1. The van der Waals surface area contributed by atoms with Gasteiger partial charge in [0.25, 0.3) is 0 Å². The smallest absolute Gasteiger partial charge is 0.246 e. The summed E-state index contributed by atoms with van der Waals surface area (Å²) >= 11 is 0. The van der Waals surface area contributed by atoms with E-state index in [0.717, 1.165) is 0 Å². The van der Waals surface area contributed by atoms with Crippen LogP contribution in [0, 0.1) is 0 Å². The molecule has 26 heavy (non-hydrogen) atoms. The van der Waals surface area contributed by atoms with Crippen LogP contribution in [0.3, 0.4) is 0 Å². The molecule has 1 rings (SSSR count). The topological polar surface area (TPSA) is 102 Å². The van der Waals surface area contributed by atoms with E-state index in [1.54, 1.807) is 32.9 Å². The first kappa shape index (κ1) is 24.7. The van der Waals surface area contributed by atoms with Crippen molar-refractivity contribution in [3.05, 3.63) is 18.2 Å². The molecular formula is C17H30ClN3O4S. The van der Waals surface area contributed by atoms with Crippen molar-refractivity contribution in [2.75, 3.05) is 25.0 Å². The number of nitrogens with two attached hydrogens (primary N) is 1. The number of hydrogen-bond donors (Lipinski definition) is 2. The molecule has 0 spiro atoms. The van der Waals surface area contributed by atoms with Gasteiger partial charge in [-0.15, -0.1) is 12.4 Å². The van der Waals surface area contributed by atoms with Crippen LogP contribution < -0.4 is 15.8 Å². The zero-order valence-corrected chi connectivity index (χ0v) is 17.5. The van der Waals surface area contributed by atoms with E-state index < -0.39 is 10.0 Å². The van der Waals surface area contributed by atoms with E-state index in [4.69, 9.17) is 10.5 Å². The number of carbonyl (C=O) groups excluding carboxylic acids is 1. The highest BCUT2D eigenvalue weighted by Crippen LogP contribution is 2.30. The Morgan fingerprint density at radius 2 is 1.88 bits per heavy atom. The van der Waals surface area contributed by atoms with Crippen LogP contribution in [0.15, 0.2) is 23.1 Å². The molecule has 9 heteroatoms. The quantitative estimate of drug-likeness (QED) is 0.620. The summed E-state index contributed by atoms with van der Waals surface area (Å²) in [6.45, 7) is 8.24. The highest BCUT2D eigenvalue weighted by atomic mass is 35.5. The second-order valence-corrected chi connectivity index (χ2v) is 7.65. The minimum atomic E-state index is -3.70. The summed E-state index contributed by atoms with van der Waals surface area (Å²) in [4.78, 5) is 12.0. The summed E-state index contributed by atoms with van der Waals surface area (Å²) in [7, 11) is -3.70. The second-order valence-electron chi connectivity index (χ2n) is 5.75. The number of hydrogen-bond acceptors (Lipinski definition) is 5. The first-order chi connectivity index (χ1) is 11.8. The van der Waals surface area contributed by atoms with Gasteiger partial charge in [-0.3, -0.25) is 4.79 Å². The minimum absolute atomic E-state index is 0. The summed E-state index contributed by atoms with van der Waals surface area (Å²) in [5.74, 6) is 0.0793. The maximum atomic E-state index is 12.9. The van der Waals surface area contributed by atoms with Gasteiger partial charge in [0.2, 0.25) is 15.9 Å². The third kappa shape index (κ3) is 6.75. The fraction of sp³-hybridized carbons (Fsp3) is 0.588. The zero-order chi connectivity index (χ0) is 19.0. The summed E-state index contributed by atoms with van der Waals surface area (Å²) in [6, 6.07) is 4.59. The first-order valence-electron chi connectivity index (χ1n) is 8.58. The van der Waals surface area contributed by atoms with Crippen molar-refractivity contribution in [1.82, 2.24) is 4.31 Å². The molecule has 0 radical (unpaired) electrons. The number of rotatable bonds is 10. The van der Waals surface area contributed by atoms with Crippen LogP contribution in [-0.4, -0.2) is 44.4 Å². The average molecular weight is 408 g/mol. The van der Waals surface area contributed by atoms with Gasteiger partial charge in [-0.2, -0.15) is 4.31 Å². The van der Waals surface area contributed by atoms with E-state index in [1.807, 2.05) is 6.92 Å². The molecule has 1 aromatic rings. The van der Waals surface area contributed by atoms with E-state index >= 15 is 0 Å². The lowest BCUT2D eigenvalue weighted by Gasteiger charge is -2.21. The SMILES string of the molecule is CCOc1ccc(NC(=O)CCC(C)N)cc1S(=O)(=O)N(CC)CC.Cl. The van der Waals surface area contributed by atoms with E-state index in [-0.39, 0.29) is 41.4 Å². The van der Waals surface area contributed by atoms with Crippen LogP contribution in [0.25, 0.3) is 0 Å². The largest absolute Gasteiger partial charge is 0.492 e. The number of carbonyl (C=O) groups is 1. The van der Waals surface area contributed by atoms with Gasteiger partial charge < -0.3 is 15.8 Å². The molecule has 0 fully saturated rings. The van der Waals surface area contributed by atoms with E-state index in [0.29, 0.717) is 31.8 Å². The van der Waals surface area contributed by atoms with Crippen molar-refractivity contribution in [3.63, 3.8) is 0 Å². The van der Waals surface area contributed by atoms with Gasteiger partial charge in [0.05, 0.1) is 6.61 Å². The Kier molecular flexibility index (Phi) is 10.8. The molecule has 0 aliphatic heterocycles. The van der Waals surface area contributed by atoms with Crippen molar-refractivity contribution in [3.8, 4) is 5.75 Å². The van der Waals surface area contributed by atoms with Crippen molar-refractivity contribution < 1.29 is 17.9 Å². The van der Waals surface area contributed by atoms with Gasteiger partial charge in [-0.25, -0.2) is 8.42 Å². The minimum Gasteiger partial charge on any atom is -0.492 e. The Balaban J connectivity index is 0.00000625. The zero-order valence-electron chi connectivity index (χ0n) is 15.8. The van der Waals surface area contributed by atoms with Gasteiger partial charge in [0.15, 0.2) is 0 Å². The summed E-state index contributed by atoms with van der Waals surface area (Å²) in [5.41, 5.74) is 6.07. The van der Waals surface area contributed by atoms with Crippen LogP contribution >= 0.6 is 12.4 Å². The molecule has 150 valence electrons. The second kappa shape index (κ2) is 11.4. The summed E-state index contributed by atoms with van der Waals surface area (Å²) < 4.78 is 32.5. The number of sulfonamides is 1. The van der Waals surface area contributed by atoms with Crippen molar-refractivity contribution in [1.29, 1.82) is 0 Å². The molecule has 0 aliphatic carbocycles. The van der Waals surface area contributed by atoms with Gasteiger partial charge in [-0.05, 0) is 38.5 Å². The molecule has 1 aromatic carbocycles. The summed E-state index contributed by atoms with van der Waals surface area (Å²) in [6.07, 6.45) is 0.844. The molecule has 7 nitrogen and oxygen atoms in total. The molecule has 0 aliphatic rings. The van der Waals surface area contributed by atoms with Gasteiger partial charge >= 0.3 is 0 Å². The molecule has 0 aromatic heterocycles. The Bertz CT molecular complexity index is 677. The van der Waals surface area contributed by atoms with E-state index in [2.05, 4.69) is 5.32 Å². The van der Waals surface area contributed by atoms with E-state index in [9.17, 15) is 13.2 Å². The maximum absolute atomic E-state index is 12.9. The monoisotopic (exact) mass is 407 g/mol. The highest BCUT2D eigenvalue weighted by Gasteiger charge is 2.26. The number of benzene rings is 1. The third-order valence-electron chi connectivity index (χ3n) is 3.68. The normalized spacial score (nSPS) is 12.4. The lowest BCUT2D eigenvalue weighted by atomic mass is 10.2. The molecular weight excluding hydrogens is 378 g/mol. The lowest BCUT2D eigenvalue weighted by Crippen LogP contribution is -2.31. The standard InChI is InChI=1S/C17H29N3O4S.ClH/c1-5-20(6-2)25(22,23)16-12-14(9-10-15(16)24-7-3)19-17(21)11-8-13(4)18;/h9-10,12-13H,5-8,11,18H2,1-4H3,(H,19,21);1H. The molecule has 1 atom stereocenters. The lowest BCUT2D eigenvalue weighted by molar-refractivity contribution is -0.116. The maximum Gasteiger partial charge on any atom is 0.246 e. The molecule has 0 saturated heterocycles. The van der Waals surface area contributed by atoms with E-state index in [1.165, 1.54) is 10.4 Å². The van der Waals surface area contributed by atoms with Crippen molar-refractivity contribution in [2.45, 2.75) is 51.5 Å². The Morgan fingerprint density at radius 1 is 1.27 bits per heavy atom. The van der Waals surface area contributed by atoms with Crippen LogP contribution in [0.5, 0.6) is 5.75 Å². The molecule has 0 saturated carbocycles. The molecule has 3 N–H and O–H groups in total. The predicted molar refractivity (Wildman–Crippen MR) is 106 cm³/mol. The Labute approximate surface area is 162 Å². The molecule has 1 amide bonds. The predicted octanol–water partition coefficient (Wildman–Crippen LogP) is 2.60. The number of nitrogens with zero attached hydrogens (tertiary/aromatic N) is 1. The van der Waals surface area contributed by atoms with Gasteiger partial charge in [-0.1, -0.05) is 13.8 Å². The third-order valence-corrected chi connectivity index (χ3v) is 5.75. The highest BCUT2D eigenvalue weighted by molar-refractivity contribution is 7.89. The van der Waals surface area contributed by atoms with Gasteiger partial charge in [0, 0.05) is 31.2 Å².